The van der Waals surface area contributed by atoms with E-state index in [0.29, 0.717) is 6.04 Å². The summed E-state index contributed by atoms with van der Waals surface area (Å²) in [5, 5.41) is 3.73. The van der Waals surface area contributed by atoms with Gasteiger partial charge in [0.25, 0.3) is 0 Å². The Bertz CT molecular complexity index is 235. The van der Waals surface area contributed by atoms with Gasteiger partial charge in [0.1, 0.15) is 0 Å². The molecule has 1 saturated carbocycles. The third-order valence-electron chi connectivity index (χ3n) is 4.78. The molecule has 2 aliphatic rings. The molecule has 1 aliphatic carbocycles. The van der Waals surface area contributed by atoms with Crippen molar-refractivity contribution < 1.29 is 4.74 Å². The van der Waals surface area contributed by atoms with Crippen molar-refractivity contribution >= 4 is 0 Å². The molecule has 0 aromatic rings. The third kappa shape index (κ3) is 3.03. The Balaban J connectivity index is 2.04. The van der Waals surface area contributed by atoms with Crippen molar-refractivity contribution in [2.75, 3.05) is 13.2 Å². The first kappa shape index (κ1) is 13.4. The first-order valence-corrected chi connectivity index (χ1v) is 7.53. The average molecular weight is 239 g/mol. The molecule has 0 aromatic carbocycles. The Morgan fingerprint density at radius 2 is 2.18 bits per heavy atom. The van der Waals surface area contributed by atoms with E-state index < -0.39 is 0 Å². The van der Waals surface area contributed by atoms with E-state index in [1.54, 1.807) is 0 Å². The van der Waals surface area contributed by atoms with Gasteiger partial charge in [0, 0.05) is 12.6 Å². The van der Waals surface area contributed by atoms with E-state index in [0.717, 1.165) is 25.0 Å². The van der Waals surface area contributed by atoms with E-state index in [1.165, 1.54) is 38.5 Å². The molecular weight excluding hydrogens is 210 g/mol. The first-order chi connectivity index (χ1) is 8.15. The van der Waals surface area contributed by atoms with Gasteiger partial charge in [-0.25, -0.2) is 0 Å². The van der Waals surface area contributed by atoms with Crippen molar-refractivity contribution in [1.29, 1.82) is 0 Å². The monoisotopic (exact) mass is 239 g/mol. The number of likely N-dealkylation sites (N-methyl/N-ethyl adjacent to an activating group) is 1. The fourth-order valence-electron chi connectivity index (χ4n) is 3.93. The summed E-state index contributed by atoms with van der Waals surface area (Å²) in [6, 6.07) is 0.567. The zero-order chi connectivity index (χ0) is 12.3. The summed E-state index contributed by atoms with van der Waals surface area (Å²) >= 11 is 0. The maximum atomic E-state index is 6.08. The standard InChI is InChI=1S/C15H29NO/c1-4-16-14(15(3)9-6-10-17-15)13-8-5-7-12(2)11-13/h12-14,16H,4-11H2,1-3H3. The molecule has 2 heteroatoms. The van der Waals surface area contributed by atoms with E-state index in [2.05, 4.69) is 26.1 Å². The molecule has 2 nitrogen and oxygen atoms in total. The van der Waals surface area contributed by atoms with Crippen molar-refractivity contribution in [3.63, 3.8) is 0 Å². The van der Waals surface area contributed by atoms with Gasteiger partial charge in [-0.2, -0.15) is 0 Å². The van der Waals surface area contributed by atoms with E-state index in [4.69, 9.17) is 4.74 Å². The molecule has 1 saturated heterocycles. The lowest BCUT2D eigenvalue weighted by atomic mass is 9.73. The fraction of sp³-hybridized carbons (Fsp3) is 1.00. The summed E-state index contributed by atoms with van der Waals surface area (Å²) in [7, 11) is 0. The second-order valence-corrected chi connectivity index (χ2v) is 6.33. The lowest BCUT2D eigenvalue weighted by molar-refractivity contribution is -0.0360. The van der Waals surface area contributed by atoms with Gasteiger partial charge < -0.3 is 10.1 Å². The Labute approximate surface area is 107 Å². The summed E-state index contributed by atoms with van der Waals surface area (Å²) in [5.41, 5.74) is 0.0950. The van der Waals surface area contributed by atoms with Crippen LogP contribution in [-0.2, 0) is 4.74 Å². The third-order valence-corrected chi connectivity index (χ3v) is 4.78. The molecule has 4 atom stereocenters. The highest BCUT2D eigenvalue weighted by Gasteiger charge is 2.42. The quantitative estimate of drug-likeness (QED) is 0.812. The van der Waals surface area contributed by atoms with E-state index in [-0.39, 0.29) is 5.60 Å². The van der Waals surface area contributed by atoms with Crippen LogP contribution in [0.15, 0.2) is 0 Å². The van der Waals surface area contributed by atoms with Gasteiger partial charge in [0.15, 0.2) is 0 Å². The second kappa shape index (κ2) is 5.71. The van der Waals surface area contributed by atoms with Crippen LogP contribution in [0.4, 0.5) is 0 Å². The Kier molecular flexibility index (Phi) is 4.48. The molecule has 0 bridgehead atoms. The zero-order valence-electron chi connectivity index (χ0n) is 11.8. The Morgan fingerprint density at radius 3 is 2.76 bits per heavy atom. The van der Waals surface area contributed by atoms with Gasteiger partial charge in [-0.05, 0) is 51.0 Å². The van der Waals surface area contributed by atoms with Gasteiger partial charge >= 0.3 is 0 Å². The minimum atomic E-state index is 0.0950. The molecule has 1 N–H and O–H groups in total. The van der Waals surface area contributed by atoms with Crippen molar-refractivity contribution in [3.8, 4) is 0 Å². The summed E-state index contributed by atoms with van der Waals surface area (Å²) in [6.07, 6.45) is 8.07. The summed E-state index contributed by atoms with van der Waals surface area (Å²) < 4.78 is 6.08. The van der Waals surface area contributed by atoms with Crippen molar-refractivity contribution in [2.45, 2.75) is 70.9 Å². The van der Waals surface area contributed by atoms with Crippen molar-refractivity contribution in [1.82, 2.24) is 5.32 Å². The summed E-state index contributed by atoms with van der Waals surface area (Å²) in [4.78, 5) is 0. The smallest absolute Gasteiger partial charge is 0.0810 e. The average Bonchev–Trinajstić information content (AvgIpc) is 2.74. The highest BCUT2D eigenvalue weighted by molar-refractivity contribution is 4.97. The molecule has 100 valence electrons. The molecule has 0 spiro atoms. The van der Waals surface area contributed by atoms with Gasteiger partial charge in [0.05, 0.1) is 5.60 Å². The lowest BCUT2D eigenvalue weighted by Gasteiger charge is -2.42. The topological polar surface area (TPSA) is 21.3 Å². The van der Waals surface area contributed by atoms with Gasteiger partial charge in [-0.1, -0.05) is 26.7 Å². The number of hydrogen-bond donors (Lipinski definition) is 1. The zero-order valence-corrected chi connectivity index (χ0v) is 11.8. The van der Waals surface area contributed by atoms with E-state index >= 15 is 0 Å². The highest BCUT2D eigenvalue weighted by atomic mass is 16.5. The SMILES string of the molecule is CCNC(C1CCCC(C)C1)C1(C)CCCO1. The highest BCUT2D eigenvalue weighted by Crippen LogP contribution is 2.39. The Morgan fingerprint density at radius 1 is 1.35 bits per heavy atom. The normalized spacial score (nSPS) is 40.4. The van der Waals surface area contributed by atoms with E-state index in [9.17, 15) is 0 Å². The molecule has 0 radical (unpaired) electrons. The molecule has 2 fully saturated rings. The predicted octanol–water partition coefficient (Wildman–Crippen LogP) is 3.36. The van der Waals surface area contributed by atoms with E-state index in [1.807, 2.05) is 0 Å². The molecule has 0 aromatic heterocycles. The molecular formula is C15H29NO. The van der Waals surface area contributed by atoms with Crippen LogP contribution in [0.3, 0.4) is 0 Å². The minimum Gasteiger partial charge on any atom is -0.374 e. The maximum Gasteiger partial charge on any atom is 0.0810 e. The minimum absolute atomic E-state index is 0.0950. The van der Waals surface area contributed by atoms with Gasteiger partial charge in [0.2, 0.25) is 0 Å². The van der Waals surface area contributed by atoms with Crippen LogP contribution in [0.1, 0.15) is 59.3 Å². The van der Waals surface area contributed by atoms with Crippen LogP contribution < -0.4 is 5.32 Å². The Hall–Kier alpha value is -0.0800. The van der Waals surface area contributed by atoms with Crippen LogP contribution >= 0.6 is 0 Å². The molecule has 1 heterocycles. The van der Waals surface area contributed by atoms with Crippen LogP contribution in [0.5, 0.6) is 0 Å². The van der Waals surface area contributed by atoms with Crippen molar-refractivity contribution in [2.24, 2.45) is 11.8 Å². The lowest BCUT2D eigenvalue weighted by Crippen LogP contribution is -2.53. The van der Waals surface area contributed by atoms with Gasteiger partial charge in [-0.15, -0.1) is 0 Å². The van der Waals surface area contributed by atoms with Crippen LogP contribution in [0.2, 0.25) is 0 Å². The number of ether oxygens (including phenoxy) is 1. The summed E-state index contributed by atoms with van der Waals surface area (Å²) in [5.74, 6) is 1.72. The van der Waals surface area contributed by atoms with Crippen LogP contribution in [0, 0.1) is 11.8 Å². The molecule has 17 heavy (non-hydrogen) atoms. The van der Waals surface area contributed by atoms with Crippen LogP contribution in [0.25, 0.3) is 0 Å². The first-order valence-electron chi connectivity index (χ1n) is 7.53. The molecule has 4 unspecified atom stereocenters. The number of nitrogens with one attached hydrogen (secondary N) is 1. The molecule has 1 aliphatic heterocycles. The fourth-order valence-corrected chi connectivity index (χ4v) is 3.93. The maximum absolute atomic E-state index is 6.08. The number of hydrogen-bond acceptors (Lipinski definition) is 2. The van der Waals surface area contributed by atoms with Gasteiger partial charge in [-0.3, -0.25) is 0 Å². The molecule has 0 amide bonds. The van der Waals surface area contributed by atoms with Crippen LogP contribution in [-0.4, -0.2) is 24.8 Å². The molecule has 2 rings (SSSR count). The second-order valence-electron chi connectivity index (χ2n) is 6.33. The summed E-state index contributed by atoms with van der Waals surface area (Å²) in [6.45, 7) is 8.98. The van der Waals surface area contributed by atoms with Crippen molar-refractivity contribution in [3.05, 3.63) is 0 Å². The number of rotatable bonds is 4. The predicted molar refractivity (Wildman–Crippen MR) is 72.2 cm³/mol. The largest absolute Gasteiger partial charge is 0.374 e.